The molecule has 1 amide bonds. The van der Waals surface area contributed by atoms with E-state index >= 15 is 0 Å². The molecule has 3 rings (SSSR count). The van der Waals surface area contributed by atoms with Crippen LogP contribution in [0.1, 0.15) is 16.7 Å². The number of carbonyl (C=O) groups excluding carboxylic acids is 1. The number of aromatic amines is 1. The zero-order chi connectivity index (χ0) is 17.8. The predicted molar refractivity (Wildman–Crippen MR) is 100 cm³/mol. The number of hydrazone groups is 1. The maximum absolute atomic E-state index is 11.9. The van der Waals surface area contributed by atoms with Gasteiger partial charge in [0.25, 0.3) is 5.91 Å². The molecular weight excluding hydrogens is 338 g/mol. The van der Waals surface area contributed by atoms with Gasteiger partial charge in [-0.25, -0.2) is 5.43 Å². The molecule has 2 N–H and O–H groups in total. The molecule has 0 saturated heterocycles. The minimum Gasteiger partial charge on any atom is -0.484 e. The van der Waals surface area contributed by atoms with Crippen molar-refractivity contribution in [2.75, 3.05) is 6.61 Å². The molecule has 0 aliphatic carbocycles. The average molecular weight is 356 g/mol. The maximum Gasteiger partial charge on any atom is 0.277 e. The Morgan fingerprint density at radius 1 is 1.24 bits per heavy atom. The average Bonchev–Trinajstić information content (AvgIpc) is 2.92. The highest BCUT2D eigenvalue weighted by molar-refractivity contribution is 6.34. The zero-order valence-corrected chi connectivity index (χ0v) is 14.7. The summed E-state index contributed by atoms with van der Waals surface area (Å²) in [5.41, 5.74) is 6.38. The van der Waals surface area contributed by atoms with E-state index in [2.05, 4.69) is 15.5 Å². The lowest BCUT2D eigenvalue weighted by Crippen LogP contribution is -2.24. The van der Waals surface area contributed by atoms with Crippen LogP contribution in [0.4, 0.5) is 0 Å². The summed E-state index contributed by atoms with van der Waals surface area (Å²) in [5, 5.41) is 5.38. The number of nitrogens with zero attached hydrogens (tertiary/aromatic N) is 1. The minimum absolute atomic E-state index is 0.110. The zero-order valence-electron chi connectivity index (χ0n) is 14.0. The van der Waals surface area contributed by atoms with Crippen molar-refractivity contribution in [1.82, 2.24) is 10.4 Å². The smallest absolute Gasteiger partial charge is 0.277 e. The molecule has 0 saturated carbocycles. The number of aromatic nitrogens is 1. The first-order valence-corrected chi connectivity index (χ1v) is 8.20. The van der Waals surface area contributed by atoms with Crippen molar-refractivity contribution < 1.29 is 9.53 Å². The molecule has 0 spiro atoms. The van der Waals surface area contributed by atoms with E-state index in [1.54, 1.807) is 0 Å². The Hall–Kier alpha value is -2.79. The predicted octanol–water partition coefficient (Wildman–Crippen LogP) is 3.97. The van der Waals surface area contributed by atoms with E-state index in [0.29, 0.717) is 10.9 Å². The maximum atomic E-state index is 11.9. The number of ether oxygens (including phenoxy) is 1. The molecular formula is C19H18ClN3O2. The van der Waals surface area contributed by atoms with Crippen LogP contribution in [0.5, 0.6) is 5.75 Å². The number of aryl methyl sites for hydroxylation is 2. The number of H-pyrrole nitrogens is 1. The van der Waals surface area contributed by atoms with E-state index in [1.807, 2.05) is 56.3 Å². The first kappa shape index (κ1) is 17.0. The third-order valence-electron chi connectivity index (χ3n) is 3.93. The molecule has 3 aromatic rings. The molecule has 25 heavy (non-hydrogen) atoms. The van der Waals surface area contributed by atoms with Crippen LogP contribution in [0.3, 0.4) is 0 Å². The summed E-state index contributed by atoms with van der Waals surface area (Å²) in [5.74, 6) is 0.312. The molecule has 0 bridgehead atoms. The van der Waals surface area contributed by atoms with Gasteiger partial charge in [0.15, 0.2) is 6.61 Å². The monoisotopic (exact) mass is 355 g/mol. The van der Waals surface area contributed by atoms with Crippen molar-refractivity contribution in [3.8, 4) is 5.75 Å². The Morgan fingerprint density at radius 2 is 2.04 bits per heavy atom. The van der Waals surface area contributed by atoms with Gasteiger partial charge in [-0.05, 0) is 43.2 Å². The molecule has 1 heterocycles. The van der Waals surface area contributed by atoms with Gasteiger partial charge in [0, 0.05) is 16.5 Å². The fourth-order valence-corrected chi connectivity index (χ4v) is 2.66. The van der Waals surface area contributed by atoms with Crippen molar-refractivity contribution in [1.29, 1.82) is 0 Å². The fourth-order valence-electron chi connectivity index (χ4n) is 2.41. The number of para-hydroxylation sites is 1. The first-order chi connectivity index (χ1) is 12.0. The van der Waals surface area contributed by atoms with Gasteiger partial charge in [-0.15, -0.1) is 0 Å². The van der Waals surface area contributed by atoms with Crippen molar-refractivity contribution in [3.05, 3.63) is 64.3 Å². The molecule has 0 aliphatic rings. The number of nitrogens with one attached hydrogen (secondary N) is 2. The number of fused-ring (bicyclic) bond motifs is 1. The van der Waals surface area contributed by atoms with Gasteiger partial charge in [-0.1, -0.05) is 35.9 Å². The lowest BCUT2D eigenvalue weighted by atomic mass is 10.1. The molecule has 1 aromatic heterocycles. The van der Waals surface area contributed by atoms with E-state index < -0.39 is 0 Å². The number of benzene rings is 2. The number of halogens is 1. The number of carbonyl (C=O) groups is 1. The SMILES string of the molecule is Cc1ccc(OCC(=O)N/N=C/c2c(Cl)[nH]c3ccccc23)cc1C. The van der Waals surface area contributed by atoms with E-state index in [-0.39, 0.29) is 12.5 Å². The Labute approximate surface area is 150 Å². The van der Waals surface area contributed by atoms with Crippen molar-refractivity contribution in [2.24, 2.45) is 5.10 Å². The molecule has 0 fully saturated rings. The van der Waals surface area contributed by atoms with Crippen LogP contribution < -0.4 is 10.2 Å². The van der Waals surface area contributed by atoms with Crippen LogP contribution in [0.2, 0.25) is 5.15 Å². The van der Waals surface area contributed by atoms with Crippen LogP contribution in [0.15, 0.2) is 47.6 Å². The second kappa shape index (κ2) is 7.40. The second-order valence-electron chi connectivity index (χ2n) is 5.73. The van der Waals surface area contributed by atoms with Gasteiger partial charge in [-0.2, -0.15) is 5.10 Å². The van der Waals surface area contributed by atoms with Crippen LogP contribution in [-0.4, -0.2) is 23.7 Å². The molecule has 0 aliphatic heterocycles. The Kier molecular flexibility index (Phi) is 5.05. The number of rotatable bonds is 5. The first-order valence-electron chi connectivity index (χ1n) is 7.83. The quantitative estimate of drug-likeness (QED) is 0.537. The van der Waals surface area contributed by atoms with E-state index in [9.17, 15) is 4.79 Å². The Morgan fingerprint density at radius 3 is 2.84 bits per heavy atom. The van der Waals surface area contributed by atoms with Crippen molar-refractivity contribution in [2.45, 2.75) is 13.8 Å². The molecule has 0 atom stereocenters. The molecule has 128 valence electrons. The number of hydrogen-bond acceptors (Lipinski definition) is 3. The third-order valence-corrected chi connectivity index (χ3v) is 4.23. The molecule has 5 nitrogen and oxygen atoms in total. The summed E-state index contributed by atoms with van der Waals surface area (Å²) < 4.78 is 5.47. The Balaban J connectivity index is 1.59. The third kappa shape index (κ3) is 4.00. The standard InChI is InChI=1S/C19H18ClN3O2/c1-12-7-8-14(9-13(12)2)25-11-18(24)23-21-10-16-15-5-3-4-6-17(15)22-19(16)20/h3-10,22H,11H2,1-2H3,(H,23,24)/b21-10+. The minimum atomic E-state index is -0.342. The van der Waals surface area contributed by atoms with Gasteiger partial charge in [0.05, 0.1) is 6.21 Å². The van der Waals surface area contributed by atoms with Gasteiger partial charge >= 0.3 is 0 Å². The summed E-state index contributed by atoms with van der Waals surface area (Å²) in [6.45, 7) is 3.91. The summed E-state index contributed by atoms with van der Waals surface area (Å²) >= 11 is 6.17. The number of amides is 1. The molecule has 0 unspecified atom stereocenters. The van der Waals surface area contributed by atoms with Crippen LogP contribution in [-0.2, 0) is 4.79 Å². The Bertz CT molecular complexity index is 947. The summed E-state index contributed by atoms with van der Waals surface area (Å²) in [7, 11) is 0. The van der Waals surface area contributed by atoms with Crippen molar-refractivity contribution in [3.63, 3.8) is 0 Å². The summed E-state index contributed by atoms with van der Waals surface area (Å²) in [6.07, 6.45) is 1.52. The topological polar surface area (TPSA) is 66.5 Å². The van der Waals surface area contributed by atoms with E-state index in [0.717, 1.165) is 22.0 Å². The van der Waals surface area contributed by atoms with Gasteiger partial charge in [0.1, 0.15) is 10.9 Å². The largest absolute Gasteiger partial charge is 0.484 e. The van der Waals surface area contributed by atoms with Crippen LogP contribution in [0.25, 0.3) is 10.9 Å². The van der Waals surface area contributed by atoms with Gasteiger partial charge < -0.3 is 9.72 Å². The van der Waals surface area contributed by atoms with Crippen molar-refractivity contribution >= 4 is 34.6 Å². The molecule has 2 aromatic carbocycles. The highest BCUT2D eigenvalue weighted by Gasteiger charge is 2.07. The normalized spacial score (nSPS) is 11.2. The lowest BCUT2D eigenvalue weighted by molar-refractivity contribution is -0.123. The van der Waals surface area contributed by atoms with Gasteiger partial charge in [-0.3, -0.25) is 4.79 Å². The highest BCUT2D eigenvalue weighted by Crippen LogP contribution is 2.24. The van der Waals surface area contributed by atoms with E-state index in [4.69, 9.17) is 16.3 Å². The summed E-state index contributed by atoms with van der Waals surface area (Å²) in [4.78, 5) is 14.9. The van der Waals surface area contributed by atoms with Crippen LogP contribution >= 0.6 is 11.6 Å². The van der Waals surface area contributed by atoms with Crippen LogP contribution in [0, 0.1) is 13.8 Å². The lowest BCUT2D eigenvalue weighted by Gasteiger charge is -2.07. The molecule has 0 radical (unpaired) electrons. The van der Waals surface area contributed by atoms with E-state index in [1.165, 1.54) is 11.8 Å². The summed E-state index contributed by atoms with van der Waals surface area (Å²) in [6, 6.07) is 13.4. The fraction of sp³-hybridized carbons (Fsp3) is 0.158. The second-order valence-corrected chi connectivity index (χ2v) is 6.10. The number of hydrogen-bond donors (Lipinski definition) is 2. The molecule has 6 heteroatoms. The van der Waals surface area contributed by atoms with Gasteiger partial charge in [0.2, 0.25) is 0 Å². The highest BCUT2D eigenvalue weighted by atomic mass is 35.5.